The molecule has 1 aliphatic heterocycles. The van der Waals surface area contributed by atoms with Crippen molar-refractivity contribution in [3.63, 3.8) is 0 Å². The van der Waals surface area contributed by atoms with Crippen LogP contribution in [0.3, 0.4) is 0 Å². The first-order valence-corrected chi connectivity index (χ1v) is 36.5. The molecule has 6 aromatic carbocycles. The van der Waals surface area contributed by atoms with Crippen molar-refractivity contribution in [1.82, 2.24) is 15.1 Å². The quantitative estimate of drug-likeness (QED) is 0.0310. The van der Waals surface area contributed by atoms with E-state index < -0.39 is 41.3 Å². The first-order valence-electron chi connectivity index (χ1n) is 30.6. The van der Waals surface area contributed by atoms with Gasteiger partial charge in [-0.05, 0) is 291 Å². The molecule has 103 heavy (non-hydrogen) atoms. The number of aromatic carboxylic acids is 2. The van der Waals surface area contributed by atoms with E-state index in [1.54, 1.807) is 109 Å². The van der Waals surface area contributed by atoms with E-state index in [0.29, 0.717) is 54.3 Å². The Morgan fingerprint density at radius 1 is 0.485 bits per heavy atom. The van der Waals surface area contributed by atoms with Gasteiger partial charge in [0.25, 0.3) is 0 Å². The monoisotopic (exact) mass is 1890 g/mol. The van der Waals surface area contributed by atoms with Gasteiger partial charge in [-0.25, -0.2) is 38.4 Å². The van der Waals surface area contributed by atoms with E-state index >= 15 is 0 Å². The molecule has 1 aliphatic rings. The number of amides is 2. The largest absolute Gasteiger partial charge is 1.00 e. The fraction of sp³-hybridized carbons (Fsp3) is 0.389. The number of ether oxygens (including phenoxy) is 7. The van der Waals surface area contributed by atoms with Crippen molar-refractivity contribution >= 4 is 160 Å². The van der Waals surface area contributed by atoms with Gasteiger partial charge in [0.15, 0.2) is 0 Å². The molecule has 0 aliphatic carbocycles. The Morgan fingerprint density at radius 2 is 0.738 bits per heavy atom. The summed E-state index contributed by atoms with van der Waals surface area (Å²) in [5.41, 5.74) is 12.1. The summed E-state index contributed by atoms with van der Waals surface area (Å²) in [5.74, 6) is -3.28. The Hall–Kier alpha value is -5.16. The Balaban J connectivity index is -0.000000560. The van der Waals surface area contributed by atoms with E-state index in [1.165, 1.54) is 64.2 Å². The summed E-state index contributed by atoms with van der Waals surface area (Å²) in [6.07, 6.45) is 1.74. The molecule has 0 bridgehead atoms. The smallest absolute Gasteiger partial charge is 0.870 e. The molecule has 0 saturated carbocycles. The molecule has 7 N–H and O–H groups in total. The summed E-state index contributed by atoms with van der Waals surface area (Å²) in [7, 11) is 12.1. The van der Waals surface area contributed by atoms with E-state index in [4.69, 9.17) is 29.5 Å². The summed E-state index contributed by atoms with van der Waals surface area (Å²) < 4.78 is 38.0. The van der Waals surface area contributed by atoms with Gasteiger partial charge in [0.1, 0.15) is 11.2 Å². The molecule has 6 aromatic rings. The second-order valence-corrected chi connectivity index (χ2v) is 28.5. The first-order chi connectivity index (χ1) is 47.3. The number of methoxy groups -OCH3 is 4. The normalized spacial score (nSPS) is 10.5. The molecular formula is C72H94Br7N4NaO19. The number of esters is 4. The molecule has 1 saturated heterocycles. The number of nitrogens with zero attached hydrogens (tertiary/aromatic N) is 2. The number of carbonyl (C=O) groups excluding carboxylic acids is 6. The van der Waals surface area contributed by atoms with Crippen LogP contribution in [0.5, 0.6) is 0 Å². The average molecular weight is 1900 g/mol. The number of aryl methyl sites for hydroxylation is 2. The Bertz CT molecular complexity index is 3600. The van der Waals surface area contributed by atoms with Gasteiger partial charge in [-0.2, -0.15) is 0 Å². The van der Waals surface area contributed by atoms with E-state index in [0.717, 1.165) is 71.9 Å². The number of alkyl halides is 1. The molecule has 31 heteroatoms. The number of hydrogen-bond donors (Lipinski definition) is 5. The van der Waals surface area contributed by atoms with Crippen molar-refractivity contribution < 1.29 is 122 Å². The van der Waals surface area contributed by atoms with Crippen molar-refractivity contribution in [1.29, 1.82) is 0 Å². The van der Waals surface area contributed by atoms with Gasteiger partial charge in [0.05, 0.1) is 61.8 Å². The van der Waals surface area contributed by atoms with Crippen LogP contribution in [-0.4, -0.2) is 166 Å². The third kappa shape index (κ3) is 43.9. The third-order valence-corrected chi connectivity index (χ3v) is 16.7. The molecule has 23 nitrogen and oxygen atoms in total. The summed E-state index contributed by atoms with van der Waals surface area (Å²) in [6, 6.07) is 31.8. The van der Waals surface area contributed by atoms with Crippen LogP contribution in [0.4, 0.5) is 9.59 Å². The molecule has 0 unspecified atom stereocenters. The van der Waals surface area contributed by atoms with Gasteiger partial charge < -0.3 is 74.8 Å². The van der Waals surface area contributed by atoms with E-state index in [1.807, 2.05) is 78.1 Å². The Morgan fingerprint density at radius 3 is 0.981 bits per heavy atom. The SMILES string of the molecule is C1CCOC1.CCO.CN.CN(Cc1ccc(C(=O)O)c(Br)c1)C(=O)OC(C)(C)C.CNCc1ccc(C(=O)OC)c(Br)c1.COC(=O)c1ccc(C)cc1Br.COC(=O)c1ccc(CBr)cc1Br.COC(=O)c1ccc(CN(C)C(=O)OC(C)(C)C)cc1Br.Cc1ccc(C(=O)O)c(Br)c1.[Na+].[OH-]. The van der Waals surface area contributed by atoms with E-state index in [9.17, 15) is 38.4 Å². The summed E-state index contributed by atoms with van der Waals surface area (Å²) in [4.78, 5) is 93.0. The van der Waals surface area contributed by atoms with Crippen molar-refractivity contribution in [2.45, 2.75) is 111 Å². The standard InChI is InChI=1S/C15H20BrNO4.C14H18BrNO4.C10H12BrNO2.C9H8Br2O2.C9H9BrO2.C8H7BrO2.C4H8O.C2H6O.CH5N.Na.H2O/c1-15(2,3)21-14(19)17(4)9-10-6-7-11(12(16)8-10)13(18)20-5;1-14(2,3)20-13(19)16(4)8-9-5-6-10(12(17)18)11(15)7-9;1-12-6-7-3-4-8(9(11)5-7)10(13)14-2;1-13-9(12)7-3-2-6(5-10)4-8(7)11;1-6-3-4-7(8(10)5-6)9(11)12-2;1-5-2-3-6(8(10)11)7(9)4-5;1-2-4-5-3-1;1-2-3;1-2;;/h6-8H,9H2,1-5H3;5-7H,8H2,1-4H3,(H,17,18);3-5,12H,6H2,1-2H3;2-4H,5H2,1H3;3-5H,1-2H3;2-4H,1H3,(H,10,11);1-4H2;3H,2H2,1H3;2H2,1H3;;1H2/q;;;;;;;;;+1;/p-1. The van der Waals surface area contributed by atoms with Crippen molar-refractivity contribution in [3.8, 4) is 0 Å². The number of aliphatic hydroxyl groups is 1. The fourth-order valence-electron chi connectivity index (χ4n) is 7.38. The number of carbonyl (C=O) groups is 8. The number of rotatable bonds is 13. The predicted octanol–water partition coefficient (Wildman–Crippen LogP) is 14.4. The zero-order valence-electron chi connectivity index (χ0n) is 61.3. The van der Waals surface area contributed by atoms with Crippen molar-refractivity contribution in [3.05, 3.63) is 203 Å². The molecule has 566 valence electrons. The molecule has 0 atom stereocenters. The molecule has 2 amide bonds. The minimum absolute atomic E-state index is 0. The minimum Gasteiger partial charge on any atom is -0.870 e. The van der Waals surface area contributed by atoms with Gasteiger partial charge in [-0.3, -0.25) is 0 Å². The summed E-state index contributed by atoms with van der Waals surface area (Å²) >= 11 is 23.0. The fourth-order valence-corrected chi connectivity index (χ4v) is 11.4. The van der Waals surface area contributed by atoms with Crippen LogP contribution in [0.25, 0.3) is 0 Å². The Labute approximate surface area is 686 Å². The molecule has 0 radical (unpaired) electrons. The number of benzene rings is 6. The molecule has 7 rings (SSSR count). The molecular weight excluding hydrogens is 1810 g/mol. The first kappa shape index (κ1) is 104. The molecule has 0 aromatic heterocycles. The molecule has 1 fully saturated rings. The van der Waals surface area contributed by atoms with Crippen LogP contribution in [-0.2, 0) is 58.1 Å². The van der Waals surface area contributed by atoms with Crippen molar-refractivity contribution in [2.24, 2.45) is 5.73 Å². The van der Waals surface area contributed by atoms with Crippen molar-refractivity contribution in [2.75, 3.05) is 76.5 Å². The molecule has 1 heterocycles. The van der Waals surface area contributed by atoms with E-state index in [2.05, 4.69) is 142 Å². The van der Waals surface area contributed by atoms with Crippen LogP contribution in [0.15, 0.2) is 136 Å². The number of nitrogens with two attached hydrogens (primary N) is 1. The van der Waals surface area contributed by atoms with Crippen LogP contribution in [0.2, 0.25) is 0 Å². The maximum Gasteiger partial charge on any atom is 1.00 e. The molecule has 0 spiro atoms. The number of halogens is 7. The van der Waals surface area contributed by atoms with Gasteiger partial charge in [-0.1, -0.05) is 52.3 Å². The topological polar surface area (TPSA) is 336 Å². The van der Waals surface area contributed by atoms with Gasteiger partial charge in [0.2, 0.25) is 0 Å². The maximum atomic E-state index is 11.9. The van der Waals surface area contributed by atoms with Gasteiger partial charge >= 0.3 is 77.6 Å². The number of carboxylic acid groups (broad SMARTS) is 2. The van der Waals surface area contributed by atoms with Crippen LogP contribution >= 0.6 is 112 Å². The van der Waals surface area contributed by atoms with Crippen LogP contribution in [0, 0.1) is 13.8 Å². The summed E-state index contributed by atoms with van der Waals surface area (Å²) in [5, 5.41) is 28.9. The van der Waals surface area contributed by atoms with E-state index in [-0.39, 0.29) is 65.1 Å². The van der Waals surface area contributed by atoms with Crippen LogP contribution < -0.4 is 40.6 Å². The zero-order chi connectivity index (χ0) is 77.9. The third-order valence-electron chi connectivity index (χ3n) is 12.1. The van der Waals surface area contributed by atoms with Crippen LogP contribution in [0.1, 0.15) is 157 Å². The van der Waals surface area contributed by atoms with Gasteiger partial charge in [-0.15, -0.1) is 0 Å². The predicted molar refractivity (Wildman–Crippen MR) is 419 cm³/mol. The zero-order valence-corrected chi connectivity index (χ0v) is 74.4. The second kappa shape index (κ2) is 56.2. The number of hydrogen-bond acceptors (Lipinski definition) is 19. The number of nitrogens with one attached hydrogen (secondary N) is 1. The Kier molecular flexibility index (Phi) is 56.8. The minimum atomic E-state index is -0.996. The number of carboxylic acids is 2. The second-order valence-electron chi connectivity index (χ2n) is 22.8. The maximum absolute atomic E-state index is 11.9. The number of aliphatic hydroxyl groups excluding tert-OH is 1. The summed E-state index contributed by atoms with van der Waals surface area (Å²) in [6.45, 7) is 20.2. The average Bonchev–Trinajstić information content (AvgIpc) is 1.01. The van der Waals surface area contributed by atoms with Gasteiger partial charge in [0, 0.05) is 85.7 Å².